The first-order valence-electron chi connectivity index (χ1n) is 9.62. The summed E-state index contributed by atoms with van der Waals surface area (Å²) in [6.07, 6.45) is 0. The van der Waals surface area contributed by atoms with Crippen LogP contribution in [0, 0.1) is 0 Å². The van der Waals surface area contributed by atoms with Crippen LogP contribution in [0.25, 0.3) is 0 Å². The molecule has 0 radical (unpaired) electrons. The Bertz CT molecular complexity index is 1340. The van der Waals surface area contributed by atoms with Crippen molar-refractivity contribution in [2.24, 2.45) is 18.1 Å². The Morgan fingerprint density at radius 1 is 0.471 bits per heavy atom. The maximum absolute atomic E-state index is 16.1. The van der Waals surface area contributed by atoms with Gasteiger partial charge in [0.2, 0.25) is 0 Å². The van der Waals surface area contributed by atoms with Gasteiger partial charge in [0.15, 0.2) is 0 Å². The second kappa shape index (κ2) is 9.75. The van der Waals surface area contributed by atoms with Crippen LogP contribution in [-0.4, -0.2) is 6.66 Å². The van der Waals surface area contributed by atoms with Crippen molar-refractivity contribution in [2.75, 3.05) is 6.66 Å². The topological polar surface area (TPSA) is 77.1 Å². The molecule has 4 rings (SSSR count). The third-order valence-electron chi connectivity index (χ3n) is 3.88. The summed E-state index contributed by atoms with van der Waals surface area (Å²) in [6.45, 7) is 0.783. The highest BCUT2D eigenvalue weighted by molar-refractivity contribution is 7.79. The lowest BCUT2D eigenvalue weighted by molar-refractivity contribution is 0.528. The molecule has 7 nitrogen and oxygen atoms in total. The molecule has 0 bridgehead atoms. The van der Waals surface area contributed by atoms with E-state index in [0.717, 1.165) is 6.66 Å². The fourth-order valence-corrected chi connectivity index (χ4v) is 12.0. The van der Waals surface area contributed by atoms with Crippen molar-refractivity contribution in [2.45, 2.75) is 0 Å². The monoisotopic (exact) mass is 550 g/mol. The molecule has 1 aliphatic rings. The van der Waals surface area contributed by atoms with Crippen molar-refractivity contribution in [3.8, 4) is 17.2 Å². The number of benzene rings is 3. The minimum absolute atomic E-state index is 0.0838. The molecule has 0 aliphatic carbocycles. The SMILES string of the molecule is CP1(F)=NP(F)(Oc2ccccc2)=NP(F)(Oc2ccccc2)=NP(F)(Oc2ccccc2)=N1. The van der Waals surface area contributed by atoms with Gasteiger partial charge in [0.1, 0.15) is 17.2 Å². The van der Waals surface area contributed by atoms with Crippen LogP contribution >= 0.6 is 30.7 Å². The molecule has 3 aromatic rings. The van der Waals surface area contributed by atoms with Crippen LogP contribution in [0.15, 0.2) is 109 Å². The quantitative estimate of drug-likeness (QED) is 0.226. The zero-order chi connectivity index (χ0) is 24.3. The minimum Gasteiger partial charge on any atom is -0.419 e. The lowest BCUT2D eigenvalue weighted by atomic mass is 10.3. The van der Waals surface area contributed by atoms with Gasteiger partial charge in [-0.05, 0) is 36.4 Å². The molecular weight excluding hydrogens is 532 g/mol. The fourth-order valence-electron chi connectivity index (χ4n) is 2.70. The Labute approximate surface area is 194 Å². The summed E-state index contributed by atoms with van der Waals surface area (Å²) in [7, 11) is -20.0. The molecule has 1 heterocycles. The highest BCUT2D eigenvalue weighted by Gasteiger charge is 2.41. The normalized spacial score (nSPS) is 30.7. The van der Waals surface area contributed by atoms with Crippen molar-refractivity contribution < 1.29 is 30.4 Å². The second-order valence-electron chi connectivity index (χ2n) is 6.80. The Kier molecular flexibility index (Phi) is 7.12. The Balaban J connectivity index is 1.90. The van der Waals surface area contributed by atoms with Gasteiger partial charge in [-0.2, -0.15) is 4.20 Å². The molecule has 4 unspecified atom stereocenters. The Hall–Kier alpha value is -2.30. The minimum atomic E-state index is -5.22. The molecule has 1 aliphatic heterocycles. The van der Waals surface area contributed by atoms with E-state index in [0.29, 0.717) is 0 Å². The molecule has 0 saturated heterocycles. The van der Waals surface area contributed by atoms with Crippen LogP contribution in [0.4, 0.5) is 16.8 Å². The second-order valence-corrected chi connectivity index (χ2v) is 14.7. The third-order valence-corrected chi connectivity index (χ3v) is 13.1. The number of rotatable bonds is 6. The highest BCUT2D eigenvalue weighted by atomic mass is 31.3. The molecule has 0 aromatic heterocycles. The van der Waals surface area contributed by atoms with Gasteiger partial charge in [-0.1, -0.05) is 54.6 Å². The lowest BCUT2D eigenvalue weighted by Gasteiger charge is -2.23. The summed E-state index contributed by atoms with van der Waals surface area (Å²) in [5, 5.41) is 0. The number of para-hydroxylation sites is 3. The maximum atomic E-state index is 16.1. The van der Waals surface area contributed by atoms with Crippen LogP contribution in [-0.2, 0) is 0 Å². The molecule has 15 heteroatoms. The smallest absolute Gasteiger partial charge is 0.419 e. The lowest BCUT2D eigenvalue weighted by Crippen LogP contribution is -1.94. The Morgan fingerprint density at radius 3 is 1.12 bits per heavy atom. The van der Waals surface area contributed by atoms with Gasteiger partial charge in [-0.3, -0.25) is 0 Å². The van der Waals surface area contributed by atoms with E-state index in [1.807, 2.05) is 0 Å². The summed E-state index contributed by atoms with van der Waals surface area (Å²) in [5.41, 5.74) is 0. The van der Waals surface area contributed by atoms with Crippen LogP contribution < -0.4 is 13.6 Å². The zero-order valence-electron chi connectivity index (χ0n) is 17.5. The molecule has 4 atom stereocenters. The summed E-state index contributed by atoms with van der Waals surface area (Å²) < 4.78 is 92.1. The molecule has 3 aromatic carbocycles. The number of nitrogens with zero attached hydrogens (tertiary/aromatic N) is 4. The zero-order valence-corrected chi connectivity index (χ0v) is 21.1. The number of hydrogen-bond donors (Lipinski definition) is 0. The van der Waals surface area contributed by atoms with Crippen LogP contribution in [0.2, 0.25) is 0 Å². The van der Waals surface area contributed by atoms with E-state index in [4.69, 9.17) is 13.6 Å². The molecule has 0 spiro atoms. The van der Waals surface area contributed by atoms with E-state index in [1.54, 1.807) is 18.2 Å². The molecule has 180 valence electrons. The average Bonchev–Trinajstić information content (AvgIpc) is 2.73. The van der Waals surface area contributed by atoms with E-state index < -0.39 is 30.7 Å². The van der Waals surface area contributed by atoms with Gasteiger partial charge in [0, 0.05) is 6.66 Å². The predicted molar refractivity (Wildman–Crippen MR) is 129 cm³/mol. The van der Waals surface area contributed by atoms with Crippen LogP contribution in [0.5, 0.6) is 17.2 Å². The van der Waals surface area contributed by atoms with Crippen molar-refractivity contribution in [1.82, 2.24) is 0 Å². The van der Waals surface area contributed by atoms with Gasteiger partial charge < -0.3 is 13.6 Å². The van der Waals surface area contributed by atoms with Gasteiger partial charge in [0.25, 0.3) is 7.52 Å². The van der Waals surface area contributed by atoms with E-state index in [2.05, 4.69) is 18.1 Å². The molecule has 0 N–H and O–H groups in total. The number of hydrogen-bond acceptors (Lipinski definition) is 7. The first-order valence-corrected chi connectivity index (χ1v) is 16.2. The maximum Gasteiger partial charge on any atom is 0.443 e. The van der Waals surface area contributed by atoms with Crippen LogP contribution in [0.3, 0.4) is 0 Å². The first kappa shape index (κ1) is 24.8. The van der Waals surface area contributed by atoms with Crippen LogP contribution in [0.1, 0.15) is 0 Å². The van der Waals surface area contributed by atoms with Gasteiger partial charge in [-0.15, -0.1) is 30.7 Å². The van der Waals surface area contributed by atoms with Crippen molar-refractivity contribution in [1.29, 1.82) is 0 Å². The van der Waals surface area contributed by atoms with Crippen molar-refractivity contribution in [3.05, 3.63) is 91.0 Å². The van der Waals surface area contributed by atoms with Crippen molar-refractivity contribution >= 4 is 30.7 Å². The summed E-state index contributed by atoms with van der Waals surface area (Å²) >= 11 is 0. The molecule has 0 saturated carbocycles. The average molecular weight is 550 g/mol. The predicted octanol–water partition coefficient (Wildman–Crippen LogP) is 10.6. The fraction of sp³-hybridized carbons (Fsp3) is 0.0526. The van der Waals surface area contributed by atoms with E-state index >= 15 is 16.8 Å². The Morgan fingerprint density at radius 2 is 0.765 bits per heavy atom. The first-order chi connectivity index (χ1) is 16.1. The van der Waals surface area contributed by atoms with Gasteiger partial charge in [-0.25, -0.2) is 0 Å². The molecule has 0 amide bonds. The standard InChI is InChI=1S/C19H18F4N4O3P4/c1-31(20)24-32(21,28-17-11-5-2-6-12-17)26-34(23,30-19-15-9-4-10-16-19)27-33(22,25-31)29-18-13-7-3-8-14-18/h2-16H,1H3. The van der Waals surface area contributed by atoms with E-state index in [9.17, 15) is 0 Å². The summed E-state index contributed by atoms with van der Waals surface area (Å²) in [4.78, 5) is 0. The van der Waals surface area contributed by atoms with E-state index in [-0.39, 0.29) is 17.2 Å². The largest absolute Gasteiger partial charge is 0.443 e. The summed E-state index contributed by atoms with van der Waals surface area (Å²) in [5.74, 6) is -0.277. The molecular formula is C19H18F4N4O3P4. The summed E-state index contributed by atoms with van der Waals surface area (Å²) in [6, 6.07) is 22.1. The molecule has 34 heavy (non-hydrogen) atoms. The van der Waals surface area contributed by atoms with E-state index in [1.165, 1.54) is 72.8 Å². The van der Waals surface area contributed by atoms with Crippen molar-refractivity contribution in [3.63, 3.8) is 0 Å². The third kappa shape index (κ3) is 6.64. The van der Waals surface area contributed by atoms with Gasteiger partial charge >= 0.3 is 23.2 Å². The molecule has 0 fully saturated rings. The highest BCUT2D eigenvalue weighted by Crippen LogP contribution is 2.79. The number of halogens is 4. The van der Waals surface area contributed by atoms with Gasteiger partial charge in [0.05, 0.1) is 0 Å².